The van der Waals surface area contributed by atoms with Crippen molar-refractivity contribution in [3.8, 4) is 0 Å². The van der Waals surface area contributed by atoms with E-state index in [0.717, 1.165) is 5.56 Å². The number of benzene rings is 1. The number of carbonyl (C=O) groups is 1. The zero-order chi connectivity index (χ0) is 9.68. The number of carbonyl (C=O) groups excluding carboxylic acids is 1. The van der Waals surface area contributed by atoms with Crippen molar-refractivity contribution in [2.75, 3.05) is 6.61 Å². The van der Waals surface area contributed by atoms with Crippen LogP contribution in [-0.2, 0) is 9.53 Å². The van der Waals surface area contributed by atoms with Gasteiger partial charge in [0.15, 0.2) is 0 Å². The van der Waals surface area contributed by atoms with Gasteiger partial charge in [-0.1, -0.05) is 30.3 Å². The van der Waals surface area contributed by atoms with Gasteiger partial charge in [0.1, 0.15) is 6.04 Å². The lowest BCUT2D eigenvalue weighted by molar-refractivity contribution is -0.144. The van der Waals surface area contributed by atoms with Crippen LogP contribution in [0.3, 0.4) is 0 Å². The molecule has 2 N–H and O–H groups in total. The lowest BCUT2D eigenvalue weighted by atomic mass is 10.1. The summed E-state index contributed by atoms with van der Waals surface area (Å²) in [5.41, 5.74) is 6.43. The van der Waals surface area contributed by atoms with Gasteiger partial charge >= 0.3 is 5.97 Å². The molecule has 0 bridgehead atoms. The minimum absolute atomic E-state index is 0. The van der Waals surface area contributed by atoms with E-state index in [4.69, 9.17) is 10.5 Å². The number of nitrogens with two attached hydrogens (primary N) is 1. The van der Waals surface area contributed by atoms with Gasteiger partial charge in [0.05, 0.1) is 6.61 Å². The van der Waals surface area contributed by atoms with Crippen molar-refractivity contribution in [2.45, 2.75) is 13.0 Å². The van der Waals surface area contributed by atoms with Gasteiger partial charge in [0, 0.05) is 0 Å². The fourth-order valence-corrected chi connectivity index (χ4v) is 1.03. The van der Waals surface area contributed by atoms with E-state index < -0.39 is 6.04 Å². The maximum atomic E-state index is 11.2. The second-order valence-corrected chi connectivity index (χ2v) is 2.64. The SMILES string of the molecule is CCOC(=O)C(N)c1ccccc1.Cl. The quantitative estimate of drug-likeness (QED) is 0.781. The molecule has 1 aromatic carbocycles. The molecule has 0 aliphatic heterocycles. The normalized spacial score (nSPS) is 11.3. The molecule has 0 amide bonds. The predicted octanol–water partition coefficient (Wildman–Crippen LogP) is 1.67. The largest absolute Gasteiger partial charge is 0.465 e. The van der Waals surface area contributed by atoms with Crippen molar-refractivity contribution in [1.29, 1.82) is 0 Å². The van der Waals surface area contributed by atoms with Crippen LogP contribution >= 0.6 is 12.4 Å². The van der Waals surface area contributed by atoms with Gasteiger partial charge in [-0.05, 0) is 12.5 Å². The van der Waals surface area contributed by atoms with Crippen molar-refractivity contribution >= 4 is 18.4 Å². The molecule has 1 unspecified atom stereocenters. The first-order chi connectivity index (χ1) is 6.25. The van der Waals surface area contributed by atoms with Crippen LogP contribution in [0.2, 0.25) is 0 Å². The van der Waals surface area contributed by atoms with Crippen molar-refractivity contribution in [1.82, 2.24) is 0 Å². The monoisotopic (exact) mass is 215 g/mol. The first-order valence-electron chi connectivity index (χ1n) is 4.23. The first-order valence-corrected chi connectivity index (χ1v) is 4.23. The van der Waals surface area contributed by atoms with Crippen LogP contribution in [0, 0.1) is 0 Å². The molecule has 0 aliphatic rings. The topological polar surface area (TPSA) is 52.3 Å². The Morgan fingerprint density at radius 1 is 1.43 bits per heavy atom. The van der Waals surface area contributed by atoms with Crippen molar-refractivity contribution in [3.05, 3.63) is 35.9 Å². The Balaban J connectivity index is 0.00000169. The molecule has 1 atom stereocenters. The van der Waals surface area contributed by atoms with Crippen molar-refractivity contribution in [2.24, 2.45) is 5.73 Å². The van der Waals surface area contributed by atoms with Gasteiger partial charge in [-0.15, -0.1) is 12.4 Å². The van der Waals surface area contributed by atoms with E-state index in [1.165, 1.54) is 0 Å². The average Bonchev–Trinajstić information content (AvgIpc) is 2.18. The third-order valence-corrected chi connectivity index (χ3v) is 1.70. The van der Waals surface area contributed by atoms with Crippen molar-refractivity contribution < 1.29 is 9.53 Å². The van der Waals surface area contributed by atoms with Gasteiger partial charge in [-0.2, -0.15) is 0 Å². The lowest BCUT2D eigenvalue weighted by Crippen LogP contribution is -2.23. The van der Waals surface area contributed by atoms with Crippen LogP contribution in [0.25, 0.3) is 0 Å². The van der Waals surface area contributed by atoms with Crippen molar-refractivity contribution in [3.63, 3.8) is 0 Å². The Labute approximate surface area is 89.7 Å². The molecule has 3 nitrogen and oxygen atoms in total. The third-order valence-electron chi connectivity index (χ3n) is 1.70. The van der Waals surface area contributed by atoms with E-state index >= 15 is 0 Å². The third kappa shape index (κ3) is 3.36. The minimum atomic E-state index is -0.666. The number of esters is 1. The number of hydrogen-bond acceptors (Lipinski definition) is 3. The molecule has 0 saturated heterocycles. The van der Waals surface area contributed by atoms with Crippen LogP contribution in [0.15, 0.2) is 30.3 Å². The second-order valence-electron chi connectivity index (χ2n) is 2.64. The predicted molar refractivity (Wildman–Crippen MR) is 57.3 cm³/mol. The second kappa shape index (κ2) is 6.40. The summed E-state index contributed by atoms with van der Waals surface area (Å²) in [4.78, 5) is 11.2. The molecule has 4 heteroatoms. The Bertz CT molecular complexity index is 277. The Morgan fingerprint density at radius 2 is 2.00 bits per heavy atom. The summed E-state index contributed by atoms with van der Waals surface area (Å²) in [6, 6.07) is 8.51. The molecule has 0 fully saturated rings. The highest BCUT2D eigenvalue weighted by Crippen LogP contribution is 2.10. The maximum Gasteiger partial charge on any atom is 0.327 e. The summed E-state index contributed by atoms with van der Waals surface area (Å²) in [7, 11) is 0. The molecule has 78 valence electrons. The lowest BCUT2D eigenvalue weighted by Gasteiger charge is -2.09. The minimum Gasteiger partial charge on any atom is -0.465 e. The van der Waals surface area contributed by atoms with Crippen LogP contribution in [0.5, 0.6) is 0 Å². The first kappa shape index (κ1) is 12.9. The number of halogens is 1. The molecule has 0 radical (unpaired) electrons. The summed E-state index contributed by atoms with van der Waals surface area (Å²) in [6.45, 7) is 2.12. The van der Waals surface area contributed by atoms with Crippen LogP contribution in [0.4, 0.5) is 0 Å². The van der Waals surface area contributed by atoms with E-state index in [1.807, 2.05) is 30.3 Å². The van der Waals surface area contributed by atoms with Crippen LogP contribution in [-0.4, -0.2) is 12.6 Å². The van der Waals surface area contributed by atoms with Gasteiger partial charge in [0.2, 0.25) is 0 Å². The zero-order valence-electron chi connectivity index (χ0n) is 7.97. The van der Waals surface area contributed by atoms with Gasteiger partial charge in [-0.25, -0.2) is 4.79 Å². The van der Waals surface area contributed by atoms with E-state index in [0.29, 0.717) is 6.61 Å². The standard InChI is InChI=1S/C10H13NO2.ClH/c1-2-13-10(12)9(11)8-6-4-3-5-7-8;/h3-7,9H,2,11H2,1H3;1H. The fraction of sp³-hybridized carbons (Fsp3) is 0.300. The molecular formula is C10H14ClNO2. The highest BCUT2D eigenvalue weighted by molar-refractivity contribution is 5.85. The van der Waals surface area contributed by atoms with Gasteiger partial charge < -0.3 is 10.5 Å². The summed E-state index contributed by atoms with van der Waals surface area (Å²) in [6.07, 6.45) is 0. The highest BCUT2D eigenvalue weighted by atomic mass is 35.5. The molecule has 0 aromatic heterocycles. The van der Waals surface area contributed by atoms with E-state index in [9.17, 15) is 4.79 Å². The smallest absolute Gasteiger partial charge is 0.327 e. The molecular weight excluding hydrogens is 202 g/mol. The summed E-state index contributed by atoms with van der Waals surface area (Å²) in [5, 5.41) is 0. The highest BCUT2D eigenvalue weighted by Gasteiger charge is 2.15. The molecule has 0 spiro atoms. The average molecular weight is 216 g/mol. The fourth-order valence-electron chi connectivity index (χ4n) is 1.03. The summed E-state index contributed by atoms with van der Waals surface area (Å²) < 4.78 is 4.79. The molecule has 14 heavy (non-hydrogen) atoms. The Hall–Kier alpha value is -1.06. The zero-order valence-corrected chi connectivity index (χ0v) is 8.79. The molecule has 0 heterocycles. The van der Waals surface area contributed by atoms with Crippen LogP contribution in [0.1, 0.15) is 18.5 Å². The molecule has 1 rings (SSSR count). The number of ether oxygens (including phenoxy) is 1. The molecule has 0 aliphatic carbocycles. The number of rotatable bonds is 3. The van der Waals surface area contributed by atoms with E-state index in [-0.39, 0.29) is 18.4 Å². The molecule has 0 saturated carbocycles. The summed E-state index contributed by atoms with van der Waals surface area (Å²) >= 11 is 0. The van der Waals surface area contributed by atoms with E-state index in [2.05, 4.69) is 0 Å². The number of hydrogen-bond donors (Lipinski definition) is 1. The van der Waals surface area contributed by atoms with Gasteiger partial charge in [0.25, 0.3) is 0 Å². The molecule has 1 aromatic rings. The Kier molecular flexibility index (Phi) is 5.92. The van der Waals surface area contributed by atoms with Crippen LogP contribution < -0.4 is 5.73 Å². The summed E-state index contributed by atoms with van der Waals surface area (Å²) in [5.74, 6) is -0.381. The van der Waals surface area contributed by atoms with E-state index in [1.54, 1.807) is 6.92 Å². The van der Waals surface area contributed by atoms with Gasteiger partial charge in [-0.3, -0.25) is 0 Å². The Morgan fingerprint density at radius 3 is 2.50 bits per heavy atom. The maximum absolute atomic E-state index is 11.2.